The number of nitrogen functional groups attached to an aromatic ring is 1. The molecule has 1 amide bonds. The van der Waals surface area contributed by atoms with E-state index in [1.807, 2.05) is 0 Å². The van der Waals surface area contributed by atoms with Gasteiger partial charge in [-0.25, -0.2) is 10.4 Å². The Morgan fingerprint density at radius 3 is 3.00 bits per heavy atom. The number of methoxy groups -OCH3 is 1. The third kappa shape index (κ3) is 3.72. The van der Waals surface area contributed by atoms with Crippen LogP contribution in [0.4, 0.5) is 5.13 Å². The van der Waals surface area contributed by atoms with Crippen LogP contribution in [-0.4, -0.2) is 29.3 Å². The summed E-state index contributed by atoms with van der Waals surface area (Å²) < 4.78 is 6.60. The Kier molecular flexibility index (Phi) is 4.86. The van der Waals surface area contributed by atoms with Crippen LogP contribution in [0.25, 0.3) is 10.2 Å². The number of nitrogens with one attached hydrogen (secondary N) is 1. The van der Waals surface area contributed by atoms with Crippen LogP contribution in [-0.2, 0) is 0 Å². The van der Waals surface area contributed by atoms with Crippen LogP contribution in [0.3, 0.4) is 0 Å². The van der Waals surface area contributed by atoms with E-state index in [1.165, 1.54) is 24.7 Å². The highest BCUT2D eigenvalue weighted by Crippen LogP contribution is 2.32. The number of benzene rings is 2. The Balaban J connectivity index is 1.77. The van der Waals surface area contributed by atoms with Crippen molar-refractivity contribution in [2.45, 2.75) is 0 Å². The predicted octanol–water partition coefficient (Wildman–Crippen LogP) is 3.12. The van der Waals surface area contributed by atoms with E-state index in [9.17, 15) is 9.90 Å². The highest BCUT2D eigenvalue weighted by Gasteiger charge is 2.10. The van der Waals surface area contributed by atoms with Crippen molar-refractivity contribution in [3.05, 3.63) is 45.9 Å². The van der Waals surface area contributed by atoms with Crippen molar-refractivity contribution >= 4 is 54.7 Å². The fourth-order valence-electron chi connectivity index (χ4n) is 2.16. The summed E-state index contributed by atoms with van der Waals surface area (Å²) in [5.74, 6) is -0.146. The van der Waals surface area contributed by atoms with E-state index in [4.69, 9.17) is 10.5 Å². The van der Waals surface area contributed by atoms with Gasteiger partial charge in [0.25, 0.3) is 5.91 Å². The van der Waals surface area contributed by atoms with Crippen molar-refractivity contribution in [3.8, 4) is 11.5 Å². The molecule has 1 aromatic heterocycles. The maximum Gasteiger partial charge on any atom is 0.271 e. The van der Waals surface area contributed by atoms with E-state index in [0.717, 1.165) is 10.2 Å². The lowest BCUT2D eigenvalue weighted by Crippen LogP contribution is -2.17. The SMILES string of the molecule is COc1cc(Br)cc(/C=N\NC(=O)c2ccc3nc(N)sc3c2)c1O. The molecule has 7 nitrogen and oxygen atoms in total. The summed E-state index contributed by atoms with van der Waals surface area (Å²) in [7, 11) is 1.45. The summed E-state index contributed by atoms with van der Waals surface area (Å²) in [6.07, 6.45) is 1.34. The zero-order valence-electron chi connectivity index (χ0n) is 13.0. The number of aromatic nitrogens is 1. The number of hydrazone groups is 1. The first-order chi connectivity index (χ1) is 12.0. The van der Waals surface area contributed by atoms with Gasteiger partial charge in [-0.05, 0) is 30.3 Å². The van der Waals surface area contributed by atoms with Crippen molar-refractivity contribution in [1.29, 1.82) is 0 Å². The van der Waals surface area contributed by atoms with Gasteiger partial charge in [0, 0.05) is 15.6 Å². The Hall–Kier alpha value is -2.65. The van der Waals surface area contributed by atoms with Gasteiger partial charge in [-0.2, -0.15) is 5.10 Å². The smallest absolute Gasteiger partial charge is 0.271 e. The standard InChI is InChI=1S/C16H13BrN4O3S/c1-24-12-6-10(17)4-9(14(12)22)7-19-21-15(23)8-2-3-11-13(5-8)25-16(18)20-11/h2-7,22H,1H3,(H2,18,20)(H,21,23)/b19-7-. The molecule has 0 aliphatic heterocycles. The number of hydrogen-bond acceptors (Lipinski definition) is 7. The van der Waals surface area contributed by atoms with Gasteiger partial charge in [0.05, 0.1) is 23.5 Å². The molecule has 0 saturated heterocycles. The molecule has 4 N–H and O–H groups in total. The lowest BCUT2D eigenvalue weighted by molar-refractivity contribution is 0.0955. The fraction of sp³-hybridized carbons (Fsp3) is 0.0625. The van der Waals surface area contributed by atoms with Gasteiger partial charge in [0.15, 0.2) is 16.6 Å². The molecule has 0 radical (unpaired) electrons. The van der Waals surface area contributed by atoms with Crippen molar-refractivity contribution in [3.63, 3.8) is 0 Å². The number of ether oxygens (including phenoxy) is 1. The number of amides is 1. The number of nitrogens with two attached hydrogens (primary N) is 1. The van der Waals surface area contributed by atoms with E-state index in [1.54, 1.807) is 30.3 Å². The first-order valence-corrected chi connectivity index (χ1v) is 8.65. The minimum atomic E-state index is -0.383. The second-order valence-electron chi connectivity index (χ2n) is 4.98. The number of aromatic hydroxyl groups is 1. The van der Waals surface area contributed by atoms with Crippen molar-refractivity contribution < 1.29 is 14.6 Å². The molecule has 3 aromatic rings. The fourth-order valence-corrected chi connectivity index (χ4v) is 3.39. The molecule has 25 heavy (non-hydrogen) atoms. The second-order valence-corrected chi connectivity index (χ2v) is 6.96. The van der Waals surface area contributed by atoms with Crippen molar-refractivity contribution in [2.75, 3.05) is 12.8 Å². The Labute approximate surface area is 155 Å². The Morgan fingerprint density at radius 1 is 1.44 bits per heavy atom. The number of phenols is 1. The Morgan fingerprint density at radius 2 is 2.24 bits per heavy atom. The minimum Gasteiger partial charge on any atom is -0.504 e. The van der Waals surface area contributed by atoms with Crippen LogP contribution in [0.2, 0.25) is 0 Å². The normalized spacial score (nSPS) is 11.1. The zero-order valence-corrected chi connectivity index (χ0v) is 15.4. The molecule has 0 bridgehead atoms. The monoisotopic (exact) mass is 420 g/mol. The molecule has 9 heteroatoms. The van der Waals surface area contributed by atoms with Crippen LogP contribution in [0.1, 0.15) is 15.9 Å². The summed E-state index contributed by atoms with van der Waals surface area (Å²) in [5.41, 5.74) is 9.66. The van der Waals surface area contributed by atoms with Gasteiger partial charge in [-0.3, -0.25) is 4.79 Å². The summed E-state index contributed by atoms with van der Waals surface area (Å²) >= 11 is 4.62. The van der Waals surface area contributed by atoms with Crippen LogP contribution < -0.4 is 15.9 Å². The van der Waals surface area contributed by atoms with Crippen LogP contribution in [0, 0.1) is 0 Å². The van der Waals surface area contributed by atoms with Crippen LogP contribution in [0.15, 0.2) is 39.9 Å². The number of halogens is 1. The zero-order chi connectivity index (χ0) is 18.0. The molecule has 0 saturated carbocycles. The molecule has 0 atom stereocenters. The van der Waals surface area contributed by atoms with E-state index in [0.29, 0.717) is 26.5 Å². The number of fused-ring (bicyclic) bond motifs is 1. The average Bonchev–Trinajstić information content (AvgIpc) is 2.96. The maximum absolute atomic E-state index is 12.2. The van der Waals surface area contributed by atoms with E-state index in [2.05, 4.69) is 31.4 Å². The van der Waals surface area contributed by atoms with E-state index < -0.39 is 0 Å². The molecule has 0 spiro atoms. The highest BCUT2D eigenvalue weighted by atomic mass is 79.9. The topological polar surface area (TPSA) is 110 Å². The summed E-state index contributed by atoms with van der Waals surface area (Å²) in [6, 6.07) is 8.35. The molecule has 0 fully saturated rings. The number of phenolic OH excluding ortho intramolecular Hbond substituents is 1. The van der Waals surface area contributed by atoms with Gasteiger partial charge < -0.3 is 15.6 Å². The van der Waals surface area contributed by atoms with Crippen molar-refractivity contribution in [1.82, 2.24) is 10.4 Å². The lowest BCUT2D eigenvalue weighted by atomic mass is 10.2. The molecule has 128 valence electrons. The van der Waals surface area contributed by atoms with Crippen LogP contribution >= 0.6 is 27.3 Å². The third-order valence-electron chi connectivity index (χ3n) is 3.33. The molecule has 0 unspecified atom stereocenters. The predicted molar refractivity (Wildman–Crippen MR) is 101 cm³/mol. The maximum atomic E-state index is 12.2. The average molecular weight is 421 g/mol. The first-order valence-electron chi connectivity index (χ1n) is 7.04. The largest absolute Gasteiger partial charge is 0.504 e. The molecular weight excluding hydrogens is 408 g/mol. The van der Waals surface area contributed by atoms with E-state index in [-0.39, 0.29) is 11.7 Å². The highest BCUT2D eigenvalue weighted by molar-refractivity contribution is 9.10. The number of carbonyl (C=O) groups is 1. The summed E-state index contributed by atoms with van der Waals surface area (Å²) in [5, 5.41) is 14.4. The first kappa shape index (κ1) is 17.2. The number of hydrogen-bond donors (Lipinski definition) is 3. The summed E-state index contributed by atoms with van der Waals surface area (Å²) in [6.45, 7) is 0. The molecule has 2 aromatic carbocycles. The van der Waals surface area contributed by atoms with Gasteiger partial charge in [0.1, 0.15) is 0 Å². The van der Waals surface area contributed by atoms with Gasteiger partial charge in [0.2, 0.25) is 0 Å². The summed E-state index contributed by atoms with van der Waals surface area (Å²) in [4.78, 5) is 16.3. The number of nitrogens with zero attached hydrogens (tertiary/aromatic N) is 2. The lowest BCUT2D eigenvalue weighted by Gasteiger charge is -2.06. The second kappa shape index (κ2) is 7.08. The number of anilines is 1. The van der Waals surface area contributed by atoms with Gasteiger partial charge >= 0.3 is 0 Å². The Bertz CT molecular complexity index is 987. The molecule has 0 aliphatic rings. The molecule has 1 heterocycles. The molecule has 0 aliphatic carbocycles. The van der Waals surface area contributed by atoms with Crippen LogP contribution in [0.5, 0.6) is 11.5 Å². The van der Waals surface area contributed by atoms with Gasteiger partial charge in [-0.15, -0.1) is 0 Å². The molecular formula is C16H13BrN4O3S. The van der Waals surface area contributed by atoms with Crippen molar-refractivity contribution in [2.24, 2.45) is 5.10 Å². The number of rotatable bonds is 4. The van der Waals surface area contributed by atoms with Gasteiger partial charge in [-0.1, -0.05) is 27.3 Å². The quantitative estimate of drug-likeness (QED) is 0.443. The third-order valence-corrected chi connectivity index (χ3v) is 4.63. The molecule has 3 rings (SSSR count). The van der Waals surface area contributed by atoms with E-state index >= 15 is 0 Å². The number of thiazole rings is 1. The minimum absolute atomic E-state index is 0.0646. The number of carbonyl (C=O) groups excluding carboxylic acids is 1.